The minimum Gasteiger partial charge on any atom is -0.365 e. The molecule has 7 heteroatoms. The van der Waals surface area contributed by atoms with Crippen molar-refractivity contribution in [3.63, 3.8) is 0 Å². The van der Waals surface area contributed by atoms with Crippen molar-refractivity contribution in [3.05, 3.63) is 51.9 Å². The highest BCUT2D eigenvalue weighted by Gasteiger charge is 2.24. The molecule has 1 aliphatic rings. The zero-order valence-corrected chi connectivity index (χ0v) is 15.8. The van der Waals surface area contributed by atoms with E-state index in [1.165, 1.54) is 4.68 Å². The summed E-state index contributed by atoms with van der Waals surface area (Å²) in [5, 5.41) is 4.43. The van der Waals surface area contributed by atoms with Crippen molar-refractivity contribution in [1.82, 2.24) is 14.7 Å². The van der Waals surface area contributed by atoms with Crippen LogP contribution in [0, 0.1) is 5.92 Å². The van der Waals surface area contributed by atoms with Gasteiger partial charge in [0, 0.05) is 32.6 Å². The molecular formula is C19H23ClN4O2. The Morgan fingerprint density at radius 3 is 2.42 bits per heavy atom. The molecule has 26 heavy (non-hydrogen) atoms. The maximum atomic E-state index is 12.6. The third-order valence-electron chi connectivity index (χ3n) is 4.46. The topological polar surface area (TPSA) is 58.4 Å². The predicted molar refractivity (Wildman–Crippen MR) is 103 cm³/mol. The molecule has 0 unspecified atom stereocenters. The molecule has 1 fully saturated rings. The quantitative estimate of drug-likeness (QED) is 0.825. The van der Waals surface area contributed by atoms with Gasteiger partial charge in [0.1, 0.15) is 5.02 Å². The second-order valence-electron chi connectivity index (χ2n) is 6.86. The molecule has 0 aliphatic carbocycles. The van der Waals surface area contributed by atoms with Gasteiger partial charge in [-0.2, -0.15) is 9.78 Å². The standard InChI is InChI=1S/C19H23ClN4O2/c1-14(2)12-17(25)23-10-8-22(9-11-23)16-13-21-24(19(26)18(16)20)15-6-4-3-5-7-15/h3-7,13-14H,8-12H2,1-2H3. The summed E-state index contributed by atoms with van der Waals surface area (Å²) < 4.78 is 1.30. The van der Waals surface area contributed by atoms with Gasteiger partial charge in [-0.3, -0.25) is 9.59 Å². The van der Waals surface area contributed by atoms with E-state index in [1.54, 1.807) is 6.20 Å². The Morgan fingerprint density at radius 2 is 1.81 bits per heavy atom. The first-order valence-corrected chi connectivity index (χ1v) is 9.21. The summed E-state index contributed by atoms with van der Waals surface area (Å²) in [6.45, 7) is 6.62. The number of benzene rings is 1. The van der Waals surface area contributed by atoms with Crippen LogP contribution in [-0.2, 0) is 4.79 Å². The van der Waals surface area contributed by atoms with E-state index in [9.17, 15) is 9.59 Å². The average Bonchev–Trinajstić information content (AvgIpc) is 2.64. The van der Waals surface area contributed by atoms with E-state index in [-0.39, 0.29) is 16.5 Å². The Kier molecular flexibility index (Phi) is 5.61. The number of aromatic nitrogens is 2. The lowest BCUT2D eigenvalue weighted by Crippen LogP contribution is -2.49. The Hall–Kier alpha value is -2.34. The summed E-state index contributed by atoms with van der Waals surface area (Å²) in [5.41, 5.74) is 0.962. The molecule has 2 aromatic rings. The lowest BCUT2D eigenvalue weighted by Gasteiger charge is -2.36. The van der Waals surface area contributed by atoms with Crippen LogP contribution < -0.4 is 10.5 Å². The number of nitrogens with zero attached hydrogens (tertiary/aromatic N) is 4. The van der Waals surface area contributed by atoms with Crippen molar-refractivity contribution in [2.45, 2.75) is 20.3 Å². The molecule has 1 aromatic carbocycles. The third kappa shape index (κ3) is 3.90. The summed E-state index contributed by atoms with van der Waals surface area (Å²) in [6.07, 6.45) is 2.19. The zero-order chi connectivity index (χ0) is 18.7. The van der Waals surface area contributed by atoms with E-state index >= 15 is 0 Å². The number of carbonyl (C=O) groups is 1. The molecule has 1 aliphatic heterocycles. The number of amides is 1. The van der Waals surface area contributed by atoms with E-state index in [4.69, 9.17) is 11.6 Å². The first-order chi connectivity index (χ1) is 12.5. The molecule has 0 saturated carbocycles. The van der Waals surface area contributed by atoms with Gasteiger partial charge >= 0.3 is 0 Å². The molecule has 0 bridgehead atoms. The van der Waals surface area contributed by atoms with Gasteiger partial charge in [0.05, 0.1) is 17.6 Å². The number of halogens is 1. The fourth-order valence-electron chi connectivity index (χ4n) is 3.07. The van der Waals surface area contributed by atoms with Crippen LogP contribution >= 0.6 is 11.6 Å². The zero-order valence-electron chi connectivity index (χ0n) is 15.1. The molecule has 2 heterocycles. The second-order valence-corrected chi connectivity index (χ2v) is 7.24. The van der Waals surface area contributed by atoms with Crippen LogP contribution in [-0.4, -0.2) is 46.8 Å². The summed E-state index contributed by atoms with van der Waals surface area (Å²) in [6, 6.07) is 9.19. The molecule has 0 spiro atoms. The molecular weight excluding hydrogens is 352 g/mol. The van der Waals surface area contributed by atoms with Gasteiger partial charge in [-0.15, -0.1) is 0 Å². The maximum absolute atomic E-state index is 12.6. The molecule has 6 nitrogen and oxygen atoms in total. The number of carbonyl (C=O) groups excluding carboxylic acids is 1. The van der Waals surface area contributed by atoms with Crippen LogP contribution in [0.4, 0.5) is 5.69 Å². The molecule has 0 radical (unpaired) electrons. The normalized spacial score (nSPS) is 14.8. The van der Waals surface area contributed by atoms with Crippen molar-refractivity contribution < 1.29 is 4.79 Å². The minimum absolute atomic E-state index is 0.158. The van der Waals surface area contributed by atoms with E-state index < -0.39 is 0 Å². The highest BCUT2D eigenvalue weighted by atomic mass is 35.5. The number of anilines is 1. The van der Waals surface area contributed by atoms with Crippen LogP contribution in [0.25, 0.3) is 5.69 Å². The first-order valence-electron chi connectivity index (χ1n) is 8.83. The van der Waals surface area contributed by atoms with Gasteiger partial charge in [0.25, 0.3) is 5.56 Å². The van der Waals surface area contributed by atoms with Gasteiger partial charge in [-0.05, 0) is 18.1 Å². The van der Waals surface area contributed by atoms with E-state index in [1.807, 2.05) is 54.0 Å². The van der Waals surface area contributed by atoms with Crippen molar-refractivity contribution in [3.8, 4) is 5.69 Å². The maximum Gasteiger partial charge on any atom is 0.292 e. The Labute approximate surface area is 158 Å². The summed E-state index contributed by atoms with van der Waals surface area (Å²) >= 11 is 6.35. The number of piperazine rings is 1. The Bertz CT molecular complexity index is 827. The lowest BCUT2D eigenvalue weighted by atomic mass is 10.1. The lowest BCUT2D eigenvalue weighted by molar-refractivity contribution is -0.132. The van der Waals surface area contributed by atoms with E-state index in [0.29, 0.717) is 49.9 Å². The first kappa shape index (κ1) is 18.5. The van der Waals surface area contributed by atoms with Crippen LogP contribution in [0.3, 0.4) is 0 Å². The molecule has 3 rings (SSSR count). The molecule has 1 saturated heterocycles. The number of hydrogen-bond acceptors (Lipinski definition) is 4. The minimum atomic E-state index is -0.339. The summed E-state index contributed by atoms with van der Waals surface area (Å²) in [5.74, 6) is 0.535. The van der Waals surface area contributed by atoms with Gasteiger partial charge in [-0.1, -0.05) is 43.6 Å². The third-order valence-corrected chi connectivity index (χ3v) is 4.81. The highest BCUT2D eigenvalue weighted by Crippen LogP contribution is 2.23. The van der Waals surface area contributed by atoms with Crippen molar-refractivity contribution in [2.75, 3.05) is 31.1 Å². The molecule has 138 valence electrons. The fourth-order valence-corrected chi connectivity index (χ4v) is 3.32. The highest BCUT2D eigenvalue weighted by molar-refractivity contribution is 6.33. The molecule has 0 atom stereocenters. The Balaban J connectivity index is 1.74. The average molecular weight is 375 g/mol. The number of hydrogen-bond donors (Lipinski definition) is 0. The van der Waals surface area contributed by atoms with Gasteiger partial charge in [-0.25, -0.2) is 0 Å². The largest absolute Gasteiger partial charge is 0.365 e. The van der Waals surface area contributed by atoms with E-state index in [2.05, 4.69) is 5.10 Å². The molecule has 1 amide bonds. The van der Waals surface area contributed by atoms with Crippen molar-refractivity contribution in [1.29, 1.82) is 0 Å². The monoisotopic (exact) mass is 374 g/mol. The number of rotatable bonds is 4. The van der Waals surface area contributed by atoms with Gasteiger partial charge in [0.15, 0.2) is 0 Å². The van der Waals surface area contributed by atoms with Crippen LogP contribution in [0.5, 0.6) is 0 Å². The van der Waals surface area contributed by atoms with Gasteiger partial charge < -0.3 is 9.80 Å². The summed E-state index contributed by atoms with van der Waals surface area (Å²) in [4.78, 5) is 28.7. The smallest absolute Gasteiger partial charge is 0.292 e. The number of para-hydroxylation sites is 1. The summed E-state index contributed by atoms with van der Waals surface area (Å²) in [7, 11) is 0. The van der Waals surface area contributed by atoms with Crippen LogP contribution in [0.2, 0.25) is 5.02 Å². The van der Waals surface area contributed by atoms with Crippen molar-refractivity contribution >= 4 is 23.2 Å². The molecule has 0 N–H and O–H groups in total. The van der Waals surface area contributed by atoms with E-state index in [0.717, 1.165) is 0 Å². The van der Waals surface area contributed by atoms with Crippen LogP contribution in [0.15, 0.2) is 41.3 Å². The fraction of sp³-hybridized carbons (Fsp3) is 0.421. The second kappa shape index (κ2) is 7.91. The van der Waals surface area contributed by atoms with Gasteiger partial charge in [0.2, 0.25) is 5.91 Å². The SMILES string of the molecule is CC(C)CC(=O)N1CCN(c2cnn(-c3ccccc3)c(=O)c2Cl)CC1. The van der Waals surface area contributed by atoms with Crippen LogP contribution in [0.1, 0.15) is 20.3 Å². The van der Waals surface area contributed by atoms with Crippen molar-refractivity contribution in [2.24, 2.45) is 5.92 Å². The predicted octanol–water partition coefficient (Wildman–Crippen LogP) is 2.58. The Morgan fingerprint density at radius 1 is 1.15 bits per heavy atom. The molecule has 1 aromatic heterocycles.